The first-order valence-corrected chi connectivity index (χ1v) is 28.4. The Morgan fingerprint density at radius 2 is 1.36 bits per heavy atom. The smallest absolute Gasteiger partial charge is 0.462 e. The molecule has 1 aromatic heterocycles. The molecule has 2 heterocycles. The SMILES string of the molecule is CC/C=C\C/C=C\CC(O)/C=C/C=C\C/C=C\C/C=C\CCC(=O)OC[C@H](COP(=O)(O)OP(=O)(O)OC[C@H]1O[C@@H](n2ccc(N)nc2=O)[C@H](O)[C@@H]1O)OC(=O)CCCCCCC/C=C\C=C/CCCCCC. The van der Waals surface area contributed by atoms with Crippen LogP contribution in [-0.4, -0.2) is 96.9 Å². The van der Waals surface area contributed by atoms with Gasteiger partial charge in [0.1, 0.15) is 30.7 Å². The lowest BCUT2D eigenvalue weighted by molar-refractivity contribution is -0.161. The van der Waals surface area contributed by atoms with Crippen molar-refractivity contribution in [3.63, 3.8) is 0 Å². The number of ether oxygens (including phenoxy) is 3. The molecular weight excluding hydrogens is 985 g/mol. The highest BCUT2D eigenvalue weighted by atomic mass is 31.3. The van der Waals surface area contributed by atoms with E-state index < -0.39 is 89.8 Å². The predicted octanol–water partition coefficient (Wildman–Crippen LogP) is 9.41. The van der Waals surface area contributed by atoms with Gasteiger partial charge in [-0.05, 0) is 76.7 Å². The van der Waals surface area contributed by atoms with Crippen molar-refractivity contribution in [2.45, 2.75) is 173 Å². The van der Waals surface area contributed by atoms with Gasteiger partial charge in [0.15, 0.2) is 12.3 Å². The van der Waals surface area contributed by atoms with Crippen LogP contribution in [-0.2, 0) is 46.3 Å². The van der Waals surface area contributed by atoms with Crippen molar-refractivity contribution >= 4 is 33.4 Å². The fraction of sp³-hybridized carbons (Fsp3) is 0.577. The first kappa shape index (κ1) is 64.8. The second-order valence-corrected chi connectivity index (χ2v) is 20.2. The fourth-order valence-electron chi connectivity index (χ4n) is 6.82. The van der Waals surface area contributed by atoms with Crippen LogP contribution in [0.15, 0.2) is 114 Å². The molecule has 21 heteroatoms. The van der Waals surface area contributed by atoms with E-state index in [4.69, 9.17) is 29.0 Å². The van der Waals surface area contributed by atoms with E-state index in [2.05, 4.69) is 59.6 Å². The highest BCUT2D eigenvalue weighted by Crippen LogP contribution is 2.60. The average Bonchev–Trinajstić information content (AvgIpc) is 3.62. The summed E-state index contributed by atoms with van der Waals surface area (Å²) in [5.74, 6) is -1.46. The van der Waals surface area contributed by atoms with Crippen LogP contribution in [0.1, 0.15) is 142 Å². The third-order valence-electron chi connectivity index (χ3n) is 10.8. The lowest BCUT2D eigenvalue weighted by Gasteiger charge is -2.21. The zero-order valence-corrected chi connectivity index (χ0v) is 44.3. The maximum Gasteiger partial charge on any atom is 0.481 e. The van der Waals surface area contributed by atoms with E-state index in [0.29, 0.717) is 32.1 Å². The summed E-state index contributed by atoms with van der Waals surface area (Å²) in [6.07, 6.45) is 39.6. The first-order valence-electron chi connectivity index (χ1n) is 25.4. The highest BCUT2D eigenvalue weighted by Gasteiger charge is 2.46. The van der Waals surface area contributed by atoms with Gasteiger partial charge in [0.25, 0.3) is 0 Å². The molecule has 2 rings (SSSR count). The van der Waals surface area contributed by atoms with E-state index in [-0.39, 0.29) is 18.7 Å². The summed E-state index contributed by atoms with van der Waals surface area (Å²) in [6, 6.07) is 1.24. The van der Waals surface area contributed by atoms with Crippen molar-refractivity contribution in [2.75, 3.05) is 25.6 Å². The number of carbonyl (C=O) groups excluding carboxylic acids is 2. The van der Waals surface area contributed by atoms with Gasteiger partial charge in [-0.15, -0.1) is 0 Å². The molecule has 1 aliphatic heterocycles. The molecule has 0 bridgehead atoms. The second-order valence-electron chi connectivity index (χ2n) is 17.2. The Balaban J connectivity index is 1.86. The number of esters is 2. The minimum Gasteiger partial charge on any atom is -0.462 e. The van der Waals surface area contributed by atoms with Gasteiger partial charge in [0, 0.05) is 19.0 Å². The molecule has 0 saturated carbocycles. The number of rotatable bonds is 40. The van der Waals surface area contributed by atoms with E-state index >= 15 is 0 Å². The van der Waals surface area contributed by atoms with Crippen LogP contribution >= 0.6 is 15.6 Å². The Morgan fingerprint density at radius 1 is 0.740 bits per heavy atom. The van der Waals surface area contributed by atoms with E-state index in [9.17, 15) is 48.6 Å². The topological polar surface area (TPSA) is 286 Å². The number of nitrogens with two attached hydrogens (primary N) is 1. The molecule has 0 spiro atoms. The summed E-state index contributed by atoms with van der Waals surface area (Å²) in [4.78, 5) is 61.9. The molecule has 3 unspecified atom stereocenters. The number of nitrogens with zero attached hydrogens (tertiary/aromatic N) is 2. The van der Waals surface area contributed by atoms with Crippen molar-refractivity contribution in [1.82, 2.24) is 9.55 Å². The fourth-order valence-corrected chi connectivity index (χ4v) is 8.93. The van der Waals surface area contributed by atoms with Crippen LogP contribution in [0.5, 0.6) is 0 Å². The van der Waals surface area contributed by atoms with Gasteiger partial charge in [0.05, 0.1) is 19.3 Å². The highest BCUT2D eigenvalue weighted by molar-refractivity contribution is 7.61. The quantitative estimate of drug-likeness (QED) is 0.0117. The summed E-state index contributed by atoms with van der Waals surface area (Å²) < 4.78 is 56.6. The minimum absolute atomic E-state index is 0.00100. The Hall–Kier alpha value is -4.36. The van der Waals surface area contributed by atoms with E-state index in [1.54, 1.807) is 12.2 Å². The molecule has 8 atom stereocenters. The van der Waals surface area contributed by atoms with Crippen molar-refractivity contribution < 1.29 is 71.4 Å². The normalized spacial score (nSPS) is 20.2. The summed E-state index contributed by atoms with van der Waals surface area (Å²) >= 11 is 0. The molecule has 1 saturated heterocycles. The van der Waals surface area contributed by atoms with Gasteiger partial charge < -0.3 is 45.1 Å². The largest absolute Gasteiger partial charge is 0.481 e. The Labute approximate surface area is 431 Å². The minimum atomic E-state index is -5.46. The molecule has 7 N–H and O–H groups in total. The zero-order valence-electron chi connectivity index (χ0n) is 42.5. The Bertz CT molecular complexity index is 2120. The molecule has 1 aliphatic rings. The Morgan fingerprint density at radius 3 is 2.05 bits per heavy atom. The number of aliphatic hydroxyl groups is 3. The standard InChI is InChI=1S/C52H81N3O16P2/c1-3-5-7-9-11-12-13-14-15-16-17-22-25-29-33-37-48(58)69-44(40-66-47(57)36-32-28-24-21-19-18-20-23-27-31-35-43(56)34-30-26-10-8-6-4-2)41-67-72(62,63)71-73(64,65)68-42-45-49(59)50(60)51(70-45)55-39-38-46(53)54-52(55)61/h6,8,12-15,18-19,23-24,26-28,30-31,35,38-39,43-45,49-51,56,59-60H,3-5,7,9-11,16-17,20-22,25,29,32-34,36-37,40-42H2,1-2H3,(H,62,63)(H,64,65)(H2,53,54,61)/b8-6-,13-12-,15-14-,19-18-,27-23-,28-24-,30-26-,35-31+/t43?,44-,45-,49-,50-,51-/m1/s1. The molecule has 73 heavy (non-hydrogen) atoms. The number of anilines is 1. The lowest BCUT2D eigenvalue weighted by atomic mass is 10.1. The van der Waals surface area contributed by atoms with Crippen molar-refractivity contribution in [1.29, 1.82) is 0 Å². The average molecular weight is 1070 g/mol. The van der Waals surface area contributed by atoms with Gasteiger partial charge in [-0.3, -0.25) is 23.2 Å². The monoisotopic (exact) mass is 1070 g/mol. The summed E-state index contributed by atoms with van der Waals surface area (Å²) in [5.41, 5.74) is 4.57. The molecule has 19 nitrogen and oxygen atoms in total. The summed E-state index contributed by atoms with van der Waals surface area (Å²) in [5, 5.41) is 30.9. The molecular formula is C52H81N3O16P2. The summed E-state index contributed by atoms with van der Waals surface area (Å²) in [7, 11) is -10.9. The third-order valence-corrected chi connectivity index (χ3v) is 13.4. The number of carbonyl (C=O) groups is 2. The van der Waals surface area contributed by atoms with Crippen LogP contribution < -0.4 is 11.4 Å². The third kappa shape index (κ3) is 31.9. The van der Waals surface area contributed by atoms with E-state index in [1.807, 2.05) is 48.6 Å². The van der Waals surface area contributed by atoms with E-state index in [1.165, 1.54) is 31.7 Å². The van der Waals surface area contributed by atoms with Crippen molar-refractivity contribution in [3.8, 4) is 0 Å². The maximum atomic E-state index is 12.9. The number of hydrogen-bond acceptors (Lipinski definition) is 16. The number of allylic oxidation sites excluding steroid dienone is 14. The van der Waals surface area contributed by atoms with Crippen molar-refractivity contribution in [3.05, 3.63) is 120 Å². The van der Waals surface area contributed by atoms with Gasteiger partial charge in [-0.2, -0.15) is 9.29 Å². The predicted molar refractivity (Wildman–Crippen MR) is 281 cm³/mol. The second kappa shape index (κ2) is 39.1. The van der Waals surface area contributed by atoms with Gasteiger partial charge in [-0.25, -0.2) is 13.9 Å². The van der Waals surface area contributed by atoms with Gasteiger partial charge >= 0.3 is 33.3 Å². The number of nitrogen functional groups attached to an aromatic ring is 1. The molecule has 410 valence electrons. The van der Waals surface area contributed by atoms with E-state index in [0.717, 1.165) is 62.1 Å². The molecule has 0 aliphatic carbocycles. The maximum absolute atomic E-state index is 12.9. The number of phosphoric acid groups is 2. The van der Waals surface area contributed by atoms with Crippen molar-refractivity contribution in [2.24, 2.45) is 0 Å². The zero-order chi connectivity index (χ0) is 53.6. The number of aliphatic hydroxyl groups excluding tert-OH is 3. The van der Waals surface area contributed by atoms with Gasteiger partial charge in [-0.1, -0.05) is 150 Å². The number of aromatic nitrogens is 2. The van der Waals surface area contributed by atoms with Crippen LogP contribution in [0.4, 0.5) is 5.82 Å². The van der Waals surface area contributed by atoms with Gasteiger partial charge in [0.2, 0.25) is 0 Å². The number of phosphoric ester groups is 2. The van der Waals surface area contributed by atoms with Crippen LogP contribution in [0.3, 0.4) is 0 Å². The molecule has 0 amide bonds. The molecule has 0 radical (unpaired) electrons. The lowest BCUT2D eigenvalue weighted by Crippen LogP contribution is -2.36. The van der Waals surface area contributed by atoms with Crippen LogP contribution in [0, 0.1) is 0 Å². The number of hydrogen-bond donors (Lipinski definition) is 6. The molecule has 0 aromatic carbocycles. The number of unbranched alkanes of at least 4 members (excludes halogenated alkanes) is 9. The summed E-state index contributed by atoms with van der Waals surface area (Å²) in [6.45, 7) is 1.84. The Kier molecular flexibility index (Phi) is 34.7. The molecule has 1 fully saturated rings. The first-order chi connectivity index (χ1) is 35.1. The van der Waals surface area contributed by atoms with Crippen LogP contribution in [0.25, 0.3) is 0 Å². The molecule has 1 aromatic rings. The van der Waals surface area contributed by atoms with Crippen LogP contribution in [0.2, 0.25) is 0 Å².